The van der Waals surface area contributed by atoms with Crippen molar-refractivity contribution in [2.75, 3.05) is 12.3 Å². The third-order valence-corrected chi connectivity index (χ3v) is 2.79. The molecule has 0 saturated heterocycles. The lowest BCUT2D eigenvalue weighted by Gasteiger charge is -2.11. The Bertz CT molecular complexity index is 663. The highest BCUT2D eigenvalue weighted by molar-refractivity contribution is 5.41. The number of pyridine rings is 1. The first-order valence-electron chi connectivity index (χ1n) is 6.12. The van der Waals surface area contributed by atoms with Crippen LogP contribution in [0.2, 0.25) is 0 Å². The molecule has 4 nitrogen and oxygen atoms in total. The second-order valence-electron chi connectivity index (χ2n) is 4.36. The number of anilines is 1. The quantitative estimate of drug-likeness (QED) is 0.882. The first-order chi connectivity index (χ1) is 9.86. The van der Waals surface area contributed by atoms with Crippen molar-refractivity contribution in [3.8, 4) is 5.75 Å². The monoisotopic (exact) mass is 298 g/mol. The van der Waals surface area contributed by atoms with Gasteiger partial charge in [0.25, 0.3) is 5.56 Å². The number of nitrogens with zero attached hydrogens (tertiary/aromatic N) is 1. The Morgan fingerprint density at radius 1 is 1.10 bits per heavy atom. The van der Waals surface area contributed by atoms with Gasteiger partial charge in [-0.3, -0.25) is 4.79 Å². The van der Waals surface area contributed by atoms with E-state index in [1.54, 1.807) is 24.3 Å². The summed E-state index contributed by atoms with van der Waals surface area (Å²) in [6, 6.07) is 8.23. The van der Waals surface area contributed by atoms with Crippen LogP contribution in [0.15, 0.2) is 47.4 Å². The fourth-order valence-electron chi connectivity index (χ4n) is 1.70. The maximum absolute atomic E-state index is 12.6. The molecule has 1 aromatic carbocycles. The first-order valence-corrected chi connectivity index (χ1v) is 6.12. The molecule has 1 heterocycles. The predicted octanol–water partition coefficient (Wildman–Crippen LogP) is 2.53. The molecule has 0 amide bonds. The van der Waals surface area contributed by atoms with E-state index in [0.29, 0.717) is 11.4 Å². The summed E-state index contributed by atoms with van der Waals surface area (Å²) >= 11 is 0. The van der Waals surface area contributed by atoms with Crippen molar-refractivity contribution in [2.45, 2.75) is 12.7 Å². The average Bonchev–Trinajstić information content (AvgIpc) is 2.42. The van der Waals surface area contributed by atoms with E-state index in [-0.39, 0.29) is 13.2 Å². The predicted molar refractivity (Wildman–Crippen MR) is 72.1 cm³/mol. The minimum atomic E-state index is -4.48. The molecule has 112 valence electrons. The van der Waals surface area contributed by atoms with Gasteiger partial charge in [0.05, 0.1) is 12.1 Å². The number of rotatable bonds is 4. The topological polar surface area (TPSA) is 57.2 Å². The Hall–Kier alpha value is -2.44. The molecule has 2 aromatic rings. The summed E-state index contributed by atoms with van der Waals surface area (Å²) in [5.74, 6) is 0.532. The van der Waals surface area contributed by atoms with Gasteiger partial charge in [0.15, 0.2) is 0 Å². The number of hydrogen-bond donors (Lipinski definition) is 1. The van der Waals surface area contributed by atoms with Gasteiger partial charge in [-0.15, -0.1) is 0 Å². The second kappa shape index (κ2) is 5.90. The van der Waals surface area contributed by atoms with Crippen LogP contribution < -0.4 is 16.0 Å². The molecule has 1 aromatic heterocycles. The summed E-state index contributed by atoms with van der Waals surface area (Å²) in [4.78, 5) is 11.5. The molecule has 0 aliphatic rings. The molecule has 2 N–H and O–H groups in total. The summed E-state index contributed by atoms with van der Waals surface area (Å²) in [5.41, 5.74) is 4.72. The first kappa shape index (κ1) is 15.0. The van der Waals surface area contributed by atoms with Gasteiger partial charge in [0.1, 0.15) is 12.4 Å². The van der Waals surface area contributed by atoms with Crippen molar-refractivity contribution in [1.82, 2.24) is 4.57 Å². The minimum Gasteiger partial charge on any atom is -0.492 e. The molecule has 0 unspecified atom stereocenters. The highest BCUT2D eigenvalue weighted by Crippen LogP contribution is 2.27. The zero-order valence-electron chi connectivity index (χ0n) is 10.9. The molecule has 0 fully saturated rings. The molecule has 0 bridgehead atoms. The highest BCUT2D eigenvalue weighted by Gasteiger charge is 2.30. The lowest BCUT2D eigenvalue weighted by Crippen LogP contribution is -2.24. The Labute approximate surface area is 118 Å². The van der Waals surface area contributed by atoms with Gasteiger partial charge in [-0.1, -0.05) is 0 Å². The van der Waals surface area contributed by atoms with Crippen LogP contribution in [0.3, 0.4) is 0 Å². The molecule has 7 heteroatoms. The Balaban J connectivity index is 2.03. The molecule has 0 aliphatic carbocycles. The van der Waals surface area contributed by atoms with Gasteiger partial charge in [0, 0.05) is 18.0 Å². The molecule has 0 saturated carbocycles. The molecule has 0 atom stereocenters. The van der Waals surface area contributed by atoms with Crippen LogP contribution in [-0.2, 0) is 12.7 Å². The van der Waals surface area contributed by atoms with Gasteiger partial charge in [-0.05, 0) is 30.3 Å². The Morgan fingerprint density at radius 3 is 2.38 bits per heavy atom. The maximum Gasteiger partial charge on any atom is 0.417 e. The standard InChI is InChI=1S/C14H13F3N2O2/c15-14(16,17)10-1-6-13(20)19(9-10)7-8-21-12-4-2-11(18)3-5-12/h1-6,9H,7-8,18H2. The molecule has 0 aliphatic heterocycles. The molecule has 0 radical (unpaired) electrons. The van der Waals surface area contributed by atoms with Gasteiger partial charge < -0.3 is 15.0 Å². The largest absolute Gasteiger partial charge is 0.492 e. The normalized spacial score (nSPS) is 11.4. The highest BCUT2D eigenvalue weighted by atomic mass is 19.4. The van der Waals surface area contributed by atoms with E-state index >= 15 is 0 Å². The average molecular weight is 298 g/mol. The van der Waals surface area contributed by atoms with Crippen molar-refractivity contribution in [2.24, 2.45) is 0 Å². The molecule has 21 heavy (non-hydrogen) atoms. The number of benzene rings is 1. The van der Waals surface area contributed by atoms with E-state index in [2.05, 4.69) is 0 Å². The Morgan fingerprint density at radius 2 is 1.76 bits per heavy atom. The number of halogens is 3. The molecular formula is C14H13F3N2O2. The van der Waals surface area contributed by atoms with Crippen molar-refractivity contribution in [3.63, 3.8) is 0 Å². The van der Waals surface area contributed by atoms with Gasteiger partial charge >= 0.3 is 6.18 Å². The third kappa shape index (κ3) is 4.01. The number of hydrogen-bond acceptors (Lipinski definition) is 3. The maximum atomic E-state index is 12.6. The lowest BCUT2D eigenvalue weighted by atomic mass is 10.3. The van der Waals surface area contributed by atoms with Crippen molar-refractivity contribution >= 4 is 5.69 Å². The fraction of sp³-hybridized carbons (Fsp3) is 0.214. The van der Waals surface area contributed by atoms with Crippen LogP contribution in [0.1, 0.15) is 5.56 Å². The van der Waals surface area contributed by atoms with Gasteiger partial charge in [-0.25, -0.2) is 0 Å². The van der Waals surface area contributed by atoms with Crippen LogP contribution in [0.4, 0.5) is 18.9 Å². The van der Waals surface area contributed by atoms with Crippen molar-refractivity contribution in [3.05, 3.63) is 58.5 Å². The van der Waals surface area contributed by atoms with E-state index in [9.17, 15) is 18.0 Å². The summed E-state index contributed by atoms with van der Waals surface area (Å²) in [6.45, 7) is 0.0955. The van der Waals surface area contributed by atoms with Crippen LogP contribution >= 0.6 is 0 Å². The van der Waals surface area contributed by atoms with E-state index in [1.807, 2.05) is 0 Å². The number of aromatic nitrogens is 1. The SMILES string of the molecule is Nc1ccc(OCCn2cc(C(F)(F)F)ccc2=O)cc1. The number of nitrogens with two attached hydrogens (primary N) is 1. The summed E-state index contributed by atoms with van der Waals surface area (Å²) < 4.78 is 44.0. The molecule has 2 rings (SSSR count). The third-order valence-electron chi connectivity index (χ3n) is 2.79. The fourth-order valence-corrected chi connectivity index (χ4v) is 1.70. The summed E-state index contributed by atoms with van der Waals surface area (Å²) in [6.07, 6.45) is -3.69. The van der Waals surface area contributed by atoms with E-state index in [0.717, 1.165) is 22.9 Å². The molecular weight excluding hydrogens is 285 g/mol. The lowest BCUT2D eigenvalue weighted by molar-refractivity contribution is -0.138. The van der Waals surface area contributed by atoms with Crippen LogP contribution in [0.5, 0.6) is 5.75 Å². The van der Waals surface area contributed by atoms with E-state index in [4.69, 9.17) is 10.5 Å². The van der Waals surface area contributed by atoms with Crippen LogP contribution in [0, 0.1) is 0 Å². The van der Waals surface area contributed by atoms with Gasteiger partial charge in [0.2, 0.25) is 0 Å². The molecule has 0 spiro atoms. The van der Waals surface area contributed by atoms with E-state index < -0.39 is 17.3 Å². The van der Waals surface area contributed by atoms with Crippen LogP contribution in [-0.4, -0.2) is 11.2 Å². The van der Waals surface area contributed by atoms with Crippen LogP contribution in [0.25, 0.3) is 0 Å². The summed E-state index contributed by atoms with van der Waals surface area (Å²) in [5, 5.41) is 0. The van der Waals surface area contributed by atoms with Gasteiger partial charge in [-0.2, -0.15) is 13.2 Å². The zero-order chi connectivity index (χ0) is 15.5. The van der Waals surface area contributed by atoms with E-state index in [1.165, 1.54) is 0 Å². The smallest absolute Gasteiger partial charge is 0.417 e. The number of nitrogen functional groups attached to an aromatic ring is 1. The minimum absolute atomic E-state index is 0.0210. The van der Waals surface area contributed by atoms with Crippen molar-refractivity contribution < 1.29 is 17.9 Å². The Kier molecular flexibility index (Phi) is 4.21. The second-order valence-corrected chi connectivity index (χ2v) is 4.36. The van der Waals surface area contributed by atoms with Crippen molar-refractivity contribution in [1.29, 1.82) is 0 Å². The number of ether oxygens (including phenoxy) is 1. The number of alkyl halides is 3. The summed E-state index contributed by atoms with van der Waals surface area (Å²) in [7, 11) is 0. The zero-order valence-corrected chi connectivity index (χ0v) is 10.9.